The highest BCUT2D eigenvalue weighted by atomic mass is 16.5. The van der Waals surface area contributed by atoms with Gasteiger partial charge >= 0.3 is 0 Å². The number of nitrogens with zero attached hydrogens (tertiary/aromatic N) is 2. The molecule has 122 valence electrons. The zero-order chi connectivity index (χ0) is 16.4. The Morgan fingerprint density at radius 3 is 2.21 bits per heavy atom. The van der Waals surface area contributed by atoms with Crippen LogP contribution in [0.25, 0.3) is 11.4 Å². The van der Waals surface area contributed by atoms with Gasteiger partial charge in [0.15, 0.2) is 0 Å². The number of hydrogen-bond donors (Lipinski definition) is 0. The summed E-state index contributed by atoms with van der Waals surface area (Å²) in [4.78, 5) is 4.65. The van der Waals surface area contributed by atoms with Crippen molar-refractivity contribution < 1.29 is 4.52 Å². The number of rotatable bonds is 3. The Balaban J connectivity index is 1.44. The van der Waals surface area contributed by atoms with Gasteiger partial charge in [0.1, 0.15) is 0 Å². The lowest BCUT2D eigenvalue weighted by Crippen LogP contribution is -2.12. The Labute approximate surface area is 142 Å². The van der Waals surface area contributed by atoms with Crippen LogP contribution in [-0.2, 0) is 0 Å². The van der Waals surface area contributed by atoms with Crippen LogP contribution in [0.4, 0.5) is 0 Å². The van der Waals surface area contributed by atoms with Crippen molar-refractivity contribution in [2.24, 2.45) is 0 Å². The Bertz CT molecular complexity index is 784. The zero-order valence-corrected chi connectivity index (χ0v) is 14.0. The molecule has 1 fully saturated rings. The fourth-order valence-electron chi connectivity index (χ4n) is 3.62. The summed E-state index contributed by atoms with van der Waals surface area (Å²) >= 11 is 0. The van der Waals surface area contributed by atoms with Gasteiger partial charge in [-0.1, -0.05) is 65.3 Å². The molecule has 1 heterocycles. The van der Waals surface area contributed by atoms with Crippen LogP contribution < -0.4 is 0 Å². The molecule has 2 aromatic carbocycles. The van der Waals surface area contributed by atoms with E-state index >= 15 is 0 Å². The maximum absolute atomic E-state index is 5.57. The number of hydrogen-bond acceptors (Lipinski definition) is 3. The van der Waals surface area contributed by atoms with Crippen molar-refractivity contribution in [1.82, 2.24) is 10.1 Å². The minimum absolute atomic E-state index is 0.400. The molecule has 1 saturated carbocycles. The lowest BCUT2D eigenvalue weighted by atomic mass is 9.78. The third-order valence-electron chi connectivity index (χ3n) is 5.10. The van der Waals surface area contributed by atoms with E-state index in [0.717, 1.165) is 24.3 Å². The van der Waals surface area contributed by atoms with Crippen molar-refractivity contribution in [3.8, 4) is 11.4 Å². The van der Waals surface area contributed by atoms with Gasteiger partial charge in [0.2, 0.25) is 11.7 Å². The van der Waals surface area contributed by atoms with Crippen LogP contribution in [0, 0.1) is 6.92 Å². The summed E-state index contributed by atoms with van der Waals surface area (Å²) < 4.78 is 5.57. The molecule has 3 heteroatoms. The summed E-state index contributed by atoms with van der Waals surface area (Å²) in [5.74, 6) is 2.57. The fraction of sp³-hybridized carbons (Fsp3) is 0.333. The van der Waals surface area contributed by atoms with Crippen LogP contribution in [0.3, 0.4) is 0 Å². The average Bonchev–Trinajstić information content (AvgIpc) is 3.13. The third kappa shape index (κ3) is 3.12. The first-order valence-electron chi connectivity index (χ1n) is 8.75. The smallest absolute Gasteiger partial charge is 0.230 e. The van der Waals surface area contributed by atoms with Crippen LogP contribution in [0.2, 0.25) is 0 Å². The summed E-state index contributed by atoms with van der Waals surface area (Å²) in [6, 6.07) is 19.1. The average molecular weight is 318 g/mol. The number of aryl methyl sites for hydroxylation is 1. The largest absolute Gasteiger partial charge is 0.339 e. The van der Waals surface area contributed by atoms with E-state index in [1.54, 1.807) is 0 Å². The second-order valence-corrected chi connectivity index (χ2v) is 6.78. The molecule has 0 radical (unpaired) electrons. The van der Waals surface area contributed by atoms with E-state index < -0.39 is 0 Å². The molecule has 0 amide bonds. The molecule has 1 aromatic heterocycles. The van der Waals surface area contributed by atoms with E-state index in [4.69, 9.17) is 4.52 Å². The normalized spacial score (nSPS) is 20.9. The standard InChI is InChI=1S/C21H22N2O/c1-15-7-9-18(10-8-15)20-22-21(24-23-20)19-13-11-17(12-14-19)16-5-3-2-4-6-16/h2-10,17,19H,11-14H2,1H3. The minimum Gasteiger partial charge on any atom is -0.339 e. The van der Waals surface area contributed by atoms with Gasteiger partial charge in [-0.2, -0.15) is 4.98 Å². The highest BCUT2D eigenvalue weighted by Crippen LogP contribution is 2.40. The highest BCUT2D eigenvalue weighted by Gasteiger charge is 2.27. The molecule has 0 saturated heterocycles. The Morgan fingerprint density at radius 2 is 1.50 bits per heavy atom. The van der Waals surface area contributed by atoms with E-state index in [0.29, 0.717) is 17.7 Å². The van der Waals surface area contributed by atoms with Gasteiger partial charge in [0.05, 0.1) is 0 Å². The molecule has 0 N–H and O–H groups in total. The van der Waals surface area contributed by atoms with Crippen molar-refractivity contribution in [1.29, 1.82) is 0 Å². The fourth-order valence-corrected chi connectivity index (χ4v) is 3.62. The van der Waals surface area contributed by atoms with E-state index in [1.165, 1.54) is 24.0 Å². The van der Waals surface area contributed by atoms with Gasteiger partial charge in [-0.3, -0.25) is 0 Å². The summed E-state index contributed by atoms with van der Waals surface area (Å²) in [5.41, 5.74) is 3.72. The second kappa shape index (κ2) is 6.60. The second-order valence-electron chi connectivity index (χ2n) is 6.78. The maximum Gasteiger partial charge on any atom is 0.230 e. The van der Waals surface area contributed by atoms with Crippen LogP contribution >= 0.6 is 0 Å². The van der Waals surface area contributed by atoms with Gasteiger partial charge in [0, 0.05) is 11.5 Å². The SMILES string of the molecule is Cc1ccc(-c2noc(C3CCC(c4ccccc4)CC3)n2)cc1. The van der Waals surface area contributed by atoms with Crippen LogP contribution in [-0.4, -0.2) is 10.1 Å². The van der Waals surface area contributed by atoms with Crippen molar-refractivity contribution >= 4 is 0 Å². The summed E-state index contributed by atoms with van der Waals surface area (Å²) in [6.07, 6.45) is 4.62. The van der Waals surface area contributed by atoms with Crippen molar-refractivity contribution in [2.75, 3.05) is 0 Å². The van der Waals surface area contributed by atoms with E-state index in [-0.39, 0.29) is 0 Å². The zero-order valence-electron chi connectivity index (χ0n) is 14.0. The molecular formula is C21H22N2O. The molecular weight excluding hydrogens is 296 g/mol. The monoisotopic (exact) mass is 318 g/mol. The topological polar surface area (TPSA) is 38.9 Å². The maximum atomic E-state index is 5.57. The molecule has 0 aliphatic heterocycles. The Hall–Kier alpha value is -2.42. The van der Waals surface area contributed by atoms with Crippen molar-refractivity contribution in [3.05, 3.63) is 71.6 Å². The number of aromatic nitrogens is 2. The first-order chi connectivity index (χ1) is 11.8. The molecule has 0 bridgehead atoms. The highest BCUT2D eigenvalue weighted by molar-refractivity contribution is 5.54. The minimum atomic E-state index is 0.400. The molecule has 4 rings (SSSR count). The molecule has 3 nitrogen and oxygen atoms in total. The first kappa shape index (κ1) is 15.1. The Kier molecular flexibility index (Phi) is 4.16. The predicted octanol–water partition coefficient (Wildman–Crippen LogP) is 5.49. The molecule has 0 spiro atoms. The summed E-state index contributed by atoms with van der Waals surface area (Å²) in [6.45, 7) is 2.08. The number of benzene rings is 2. The molecule has 0 atom stereocenters. The molecule has 0 unspecified atom stereocenters. The molecule has 1 aliphatic rings. The lowest BCUT2D eigenvalue weighted by Gasteiger charge is -2.26. The van der Waals surface area contributed by atoms with Gasteiger partial charge < -0.3 is 4.52 Å². The van der Waals surface area contributed by atoms with E-state index in [9.17, 15) is 0 Å². The van der Waals surface area contributed by atoms with Crippen LogP contribution in [0.15, 0.2) is 59.1 Å². The quantitative estimate of drug-likeness (QED) is 0.641. The van der Waals surface area contributed by atoms with Crippen LogP contribution in [0.1, 0.15) is 54.5 Å². The molecule has 3 aromatic rings. The van der Waals surface area contributed by atoms with Crippen molar-refractivity contribution in [2.45, 2.75) is 44.4 Å². The van der Waals surface area contributed by atoms with Crippen LogP contribution in [0.5, 0.6) is 0 Å². The van der Waals surface area contributed by atoms with E-state index in [2.05, 4.69) is 71.7 Å². The van der Waals surface area contributed by atoms with Gasteiger partial charge in [-0.15, -0.1) is 0 Å². The molecule has 1 aliphatic carbocycles. The third-order valence-corrected chi connectivity index (χ3v) is 5.10. The summed E-state index contributed by atoms with van der Waals surface area (Å²) in [7, 11) is 0. The van der Waals surface area contributed by atoms with E-state index in [1.807, 2.05) is 0 Å². The summed E-state index contributed by atoms with van der Waals surface area (Å²) in [5, 5.41) is 4.18. The Morgan fingerprint density at radius 1 is 0.833 bits per heavy atom. The van der Waals surface area contributed by atoms with Gasteiger partial charge in [-0.25, -0.2) is 0 Å². The lowest BCUT2D eigenvalue weighted by molar-refractivity contribution is 0.301. The van der Waals surface area contributed by atoms with Crippen molar-refractivity contribution in [3.63, 3.8) is 0 Å². The van der Waals surface area contributed by atoms with Gasteiger partial charge in [-0.05, 0) is 44.1 Å². The van der Waals surface area contributed by atoms with Gasteiger partial charge in [0.25, 0.3) is 0 Å². The first-order valence-corrected chi connectivity index (χ1v) is 8.75. The predicted molar refractivity (Wildman–Crippen MR) is 94.9 cm³/mol. The molecule has 24 heavy (non-hydrogen) atoms.